The maximum atomic E-state index is 10.9. The van der Waals surface area contributed by atoms with Gasteiger partial charge in [0.1, 0.15) is 5.15 Å². The molecular formula is C12H10ClNO2. The Morgan fingerprint density at radius 2 is 1.94 bits per heavy atom. The molecule has 0 saturated heterocycles. The van der Waals surface area contributed by atoms with Crippen LogP contribution in [0.4, 0.5) is 0 Å². The Morgan fingerprint density at radius 3 is 2.56 bits per heavy atom. The molecule has 0 amide bonds. The molecule has 1 N–H and O–H groups in total. The van der Waals surface area contributed by atoms with E-state index in [1.165, 1.54) is 0 Å². The van der Waals surface area contributed by atoms with Crippen LogP contribution in [0.3, 0.4) is 0 Å². The summed E-state index contributed by atoms with van der Waals surface area (Å²) in [6.45, 7) is 3.89. The molecule has 0 saturated carbocycles. The van der Waals surface area contributed by atoms with Gasteiger partial charge in [-0.25, -0.2) is 9.78 Å². The van der Waals surface area contributed by atoms with Crippen molar-refractivity contribution in [2.45, 2.75) is 13.8 Å². The monoisotopic (exact) mass is 235 g/mol. The van der Waals surface area contributed by atoms with E-state index in [1.54, 1.807) is 6.07 Å². The second-order valence-corrected chi connectivity index (χ2v) is 4.14. The van der Waals surface area contributed by atoms with Gasteiger partial charge in [-0.2, -0.15) is 0 Å². The van der Waals surface area contributed by atoms with Crippen LogP contribution in [-0.2, 0) is 0 Å². The SMILES string of the molecule is Cc1cc(C)c2cc(C(=O)O)nc(Cl)c2c1. The molecular weight excluding hydrogens is 226 g/mol. The number of hydrogen-bond acceptors (Lipinski definition) is 2. The topological polar surface area (TPSA) is 50.2 Å². The van der Waals surface area contributed by atoms with Gasteiger partial charge >= 0.3 is 5.97 Å². The summed E-state index contributed by atoms with van der Waals surface area (Å²) in [5.41, 5.74) is 2.06. The number of aromatic nitrogens is 1. The number of hydrogen-bond donors (Lipinski definition) is 1. The number of fused-ring (bicyclic) bond motifs is 1. The molecule has 3 nitrogen and oxygen atoms in total. The first kappa shape index (κ1) is 10.9. The molecule has 0 fully saturated rings. The van der Waals surface area contributed by atoms with Crippen LogP contribution in [0.25, 0.3) is 10.8 Å². The Labute approximate surface area is 97.7 Å². The Hall–Kier alpha value is -1.61. The van der Waals surface area contributed by atoms with Crippen LogP contribution in [0, 0.1) is 13.8 Å². The molecule has 0 radical (unpaired) electrons. The van der Waals surface area contributed by atoms with Crippen LogP contribution >= 0.6 is 11.6 Å². The number of pyridine rings is 1. The predicted molar refractivity (Wildman–Crippen MR) is 63.2 cm³/mol. The van der Waals surface area contributed by atoms with E-state index in [9.17, 15) is 4.79 Å². The van der Waals surface area contributed by atoms with Crippen molar-refractivity contribution in [1.29, 1.82) is 0 Å². The molecule has 1 aromatic heterocycles. The maximum absolute atomic E-state index is 10.9. The normalized spacial score (nSPS) is 10.7. The minimum Gasteiger partial charge on any atom is -0.477 e. The zero-order valence-electron chi connectivity index (χ0n) is 8.91. The molecule has 4 heteroatoms. The van der Waals surface area contributed by atoms with Crippen molar-refractivity contribution in [2.75, 3.05) is 0 Å². The Bertz CT molecular complexity index is 593. The zero-order valence-corrected chi connectivity index (χ0v) is 9.67. The largest absolute Gasteiger partial charge is 0.477 e. The summed E-state index contributed by atoms with van der Waals surface area (Å²) < 4.78 is 0. The van der Waals surface area contributed by atoms with Gasteiger partial charge in [-0.3, -0.25) is 0 Å². The van der Waals surface area contributed by atoms with Gasteiger partial charge in [0.25, 0.3) is 0 Å². The number of halogens is 1. The highest BCUT2D eigenvalue weighted by Gasteiger charge is 2.11. The second-order valence-electron chi connectivity index (χ2n) is 3.78. The highest BCUT2D eigenvalue weighted by atomic mass is 35.5. The van der Waals surface area contributed by atoms with Gasteiger partial charge in [0.2, 0.25) is 0 Å². The van der Waals surface area contributed by atoms with Gasteiger partial charge in [0, 0.05) is 5.39 Å². The summed E-state index contributed by atoms with van der Waals surface area (Å²) in [6.07, 6.45) is 0. The molecule has 0 aliphatic rings. The van der Waals surface area contributed by atoms with Crippen LogP contribution in [0.15, 0.2) is 18.2 Å². The van der Waals surface area contributed by atoms with Gasteiger partial charge in [-0.1, -0.05) is 23.2 Å². The molecule has 2 aromatic rings. The van der Waals surface area contributed by atoms with Crippen LogP contribution < -0.4 is 0 Å². The third-order valence-corrected chi connectivity index (χ3v) is 2.76. The summed E-state index contributed by atoms with van der Waals surface area (Å²) in [5.74, 6) is -1.07. The predicted octanol–water partition coefficient (Wildman–Crippen LogP) is 3.20. The van der Waals surface area contributed by atoms with Crippen molar-refractivity contribution in [3.8, 4) is 0 Å². The molecule has 2 rings (SSSR count). The number of rotatable bonds is 1. The standard InChI is InChI=1S/C12H10ClNO2/c1-6-3-7(2)8-5-10(12(15)16)14-11(13)9(8)4-6/h3-5H,1-2H3,(H,15,16). The van der Waals surface area contributed by atoms with Gasteiger partial charge < -0.3 is 5.11 Å². The van der Waals surface area contributed by atoms with Crippen LogP contribution in [0.1, 0.15) is 21.6 Å². The van der Waals surface area contributed by atoms with Crippen molar-refractivity contribution in [2.24, 2.45) is 0 Å². The Kier molecular flexibility index (Phi) is 2.56. The number of aryl methyl sites for hydroxylation is 2. The molecule has 0 bridgehead atoms. The number of benzene rings is 1. The number of aromatic carboxylic acids is 1. The lowest BCUT2D eigenvalue weighted by Gasteiger charge is -2.06. The van der Waals surface area contributed by atoms with Gasteiger partial charge in [0.15, 0.2) is 5.69 Å². The number of carboxylic acids is 1. The first-order valence-electron chi connectivity index (χ1n) is 4.80. The number of carboxylic acid groups (broad SMARTS) is 1. The van der Waals surface area contributed by atoms with E-state index in [-0.39, 0.29) is 10.8 Å². The van der Waals surface area contributed by atoms with Crippen molar-refractivity contribution in [1.82, 2.24) is 4.98 Å². The minimum atomic E-state index is -1.07. The molecule has 0 unspecified atom stereocenters. The van der Waals surface area contributed by atoms with Crippen molar-refractivity contribution in [3.05, 3.63) is 40.2 Å². The molecule has 0 atom stereocenters. The lowest BCUT2D eigenvalue weighted by Crippen LogP contribution is -2.01. The quantitative estimate of drug-likeness (QED) is 0.773. The van der Waals surface area contributed by atoms with E-state index in [1.807, 2.05) is 26.0 Å². The van der Waals surface area contributed by atoms with E-state index in [0.29, 0.717) is 0 Å². The van der Waals surface area contributed by atoms with Crippen molar-refractivity contribution < 1.29 is 9.90 Å². The number of carbonyl (C=O) groups is 1. The second kappa shape index (κ2) is 3.76. The smallest absolute Gasteiger partial charge is 0.354 e. The Morgan fingerprint density at radius 1 is 1.25 bits per heavy atom. The highest BCUT2D eigenvalue weighted by molar-refractivity contribution is 6.34. The Balaban J connectivity index is 2.87. The van der Waals surface area contributed by atoms with Crippen LogP contribution in [0.2, 0.25) is 5.15 Å². The zero-order chi connectivity index (χ0) is 11.9. The van der Waals surface area contributed by atoms with Crippen molar-refractivity contribution >= 4 is 28.3 Å². The van der Waals surface area contributed by atoms with E-state index in [2.05, 4.69) is 4.98 Å². The molecule has 0 aliphatic heterocycles. The average Bonchev–Trinajstić information content (AvgIpc) is 2.19. The van der Waals surface area contributed by atoms with E-state index < -0.39 is 5.97 Å². The summed E-state index contributed by atoms with van der Waals surface area (Å²) >= 11 is 5.98. The molecule has 16 heavy (non-hydrogen) atoms. The maximum Gasteiger partial charge on any atom is 0.354 e. The fraction of sp³-hybridized carbons (Fsp3) is 0.167. The van der Waals surface area contributed by atoms with E-state index >= 15 is 0 Å². The fourth-order valence-corrected chi connectivity index (χ4v) is 2.03. The van der Waals surface area contributed by atoms with E-state index in [4.69, 9.17) is 16.7 Å². The average molecular weight is 236 g/mol. The summed E-state index contributed by atoms with van der Waals surface area (Å²) in [5, 5.41) is 10.8. The fourth-order valence-electron chi connectivity index (χ4n) is 1.79. The molecule has 1 heterocycles. The number of nitrogens with zero attached hydrogens (tertiary/aromatic N) is 1. The lowest BCUT2D eigenvalue weighted by atomic mass is 10.0. The van der Waals surface area contributed by atoms with Crippen LogP contribution in [0.5, 0.6) is 0 Å². The van der Waals surface area contributed by atoms with E-state index in [0.717, 1.165) is 21.9 Å². The van der Waals surface area contributed by atoms with Gasteiger partial charge in [0.05, 0.1) is 0 Å². The molecule has 82 valence electrons. The molecule has 1 aromatic carbocycles. The van der Waals surface area contributed by atoms with Crippen molar-refractivity contribution in [3.63, 3.8) is 0 Å². The first-order chi connectivity index (χ1) is 7.49. The minimum absolute atomic E-state index is 0.0237. The first-order valence-corrected chi connectivity index (χ1v) is 5.17. The summed E-state index contributed by atoms with van der Waals surface area (Å²) in [6, 6.07) is 5.45. The summed E-state index contributed by atoms with van der Waals surface area (Å²) in [4.78, 5) is 14.7. The lowest BCUT2D eigenvalue weighted by molar-refractivity contribution is 0.0691. The van der Waals surface area contributed by atoms with Gasteiger partial charge in [-0.05, 0) is 36.9 Å². The summed E-state index contributed by atoms with van der Waals surface area (Å²) in [7, 11) is 0. The van der Waals surface area contributed by atoms with Crippen LogP contribution in [-0.4, -0.2) is 16.1 Å². The van der Waals surface area contributed by atoms with Gasteiger partial charge in [-0.15, -0.1) is 0 Å². The molecule has 0 aliphatic carbocycles. The third-order valence-electron chi connectivity index (χ3n) is 2.47. The highest BCUT2D eigenvalue weighted by Crippen LogP contribution is 2.26. The third kappa shape index (κ3) is 1.74. The molecule has 0 spiro atoms.